The lowest BCUT2D eigenvalue weighted by atomic mass is 9.97. The number of hydrogen-bond acceptors (Lipinski definition) is 5. The van der Waals surface area contributed by atoms with Gasteiger partial charge in [-0.25, -0.2) is 8.42 Å². The molecule has 0 unspecified atom stereocenters. The van der Waals surface area contributed by atoms with Crippen LogP contribution >= 0.6 is 0 Å². The van der Waals surface area contributed by atoms with E-state index in [0.29, 0.717) is 30.7 Å². The Morgan fingerprint density at radius 2 is 1.73 bits per heavy atom. The molecule has 33 heavy (non-hydrogen) atoms. The highest BCUT2D eigenvalue weighted by Gasteiger charge is 2.34. The predicted octanol–water partition coefficient (Wildman–Crippen LogP) is 3.03. The van der Waals surface area contributed by atoms with Gasteiger partial charge in [-0.15, -0.1) is 0 Å². The number of piperidine rings is 1. The maximum atomic E-state index is 13.2. The number of ether oxygens (including phenoxy) is 1. The number of methoxy groups -OCH3 is 1. The molecule has 1 fully saturated rings. The van der Waals surface area contributed by atoms with Crippen molar-refractivity contribution in [2.45, 2.75) is 44.0 Å². The van der Waals surface area contributed by atoms with Crippen LogP contribution < -0.4 is 15.0 Å². The molecular weight excluding hydrogens is 442 g/mol. The van der Waals surface area contributed by atoms with E-state index >= 15 is 0 Å². The Morgan fingerprint density at radius 1 is 1.06 bits per heavy atom. The predicted molar refractivity (Wildman–Crippen MR) is 126 cm³/mol. The number of sulfonamides is 1. The third kappa shape index (κ3) is 4.60. The van der Waals surface area contributed by atoms with Crippen LogP contribution in [-0.2, 0) is 26.0 Å². The first kappa shape index (κ1) is 23.3. The Bertz CT molecular complexity index is 1160. The third-order valence-electron chi connectivity index (χ3n) is 6.43. The molecule has 2 aliphatic rings. The minimum atomic E-state index is -3.67. The molecule has 2 amide bonds. The van der Waals surface area contributed by atoms with E-state index in [1.165, 1.54) is 11.2 Å². The monoisotopic (exact) mass is 471 g/mol. The molecule has 0 aliphatic carbocycles. The fourth-order valence-corrected chi connectivity index (χ4v) is 6.19. The lowest BCUT2D eigenvalue weighted by Crippen LogP contribution is -2.41. The molecule has 2 aromatic rings. The Balaban J connectivity index is 1.40. The van der Waals surface area contributed by atoms with E-state index in [9.17, 15) is 18.0 Å². The molecule has 2 heterocycles. The van der Waals surface area contributed by atoms with Gasteiger partial charge in [0.2, 0.25) is 21.8 Å². The zero-order valence-corrected chi connectivity index (χ0v) is 19.9. The van der Waals surface area contributed by atoms with Crippen LogP contribution in [0, 0.1) is 5.92 Å². The van der Waals surface area contributed by atoms with Gasteiger partial charge in [-0.2, -0.15) is 4.31 Å². The highest BCUT2D eigenvalue weighted by Crippen LogP contribution is 2.35. The van der Waals surface area contributed by atoms with Crippen LogP contribution in [-0.4, -0.2) is 50.8 Å². The van der Waals surface area contributed by atoms with Gasteiger partial charge in [-0.1, -0.05) is 0 Å². The van der Waals surface area contributed by atoms with Crippen LogP contribution in [0.4, 0.5) is 11.4 Å². The van der Waals surface area contributed by atoms with Crippen LogP contribution in [0.2, 0.25) is 0 Å². The first-order valence-corrected chi connectivity index (χ1v) is 12.5. The number of carbonyl (C=O) groups is 2. The number of amides is 2. The second-order valence-electron chi connectivity index (χ2n) is 8.63. The van der Waals surface area contributed by atoms with E-state index in [1.54, 1.807) is 54.5 Å². The molecule has 4 rings (SSSR count). The Labute approximate surface area is 194 Å². The highest BCUT2D eigenvalue weighted by atomic mass is 32.2. The standard InChI is InChI=1S/C24H29N3O5S/c1-16-14-19-15-22(8-9-23(19)27(16)17(2)28)33(30,31)26-12-10-18(11-13-26)24(29)25-20-4-6-21(32-3)7-5-20/h4-9,15-16,18H,10-14H2,1-3H3,(H,25,29)/t16-/m0/s1. The molecule has 0 spiro atoms. The fraction of sp³-hybridized carbons (Fsp3) is 0.417. The van der Waals surface area contributed by atoms with E-state index in [4.69, 9.17) is 4.74 Å². The van der Waals surface area contributed by atoms with Crippen LogP contribution in [0.15, 0.2) is 47.4 Å². The summed E-state index contributed by atoms with van der Waals surface area (Å²) >= 11 is 0. The van der Waals surface area contributed by atoms with Gasteiger partial charge < -0.3 is 15.0 Å². The molecule has 1 atom stereocenters. The van der Waals surface area contributed by atoms with E-state index in [1.807, 2.05) is 6.92 Å². The summed E-state index contributed by atoms with van der Waals surface area (Å²) < 4.78 is 33.1. The summed E-state index contributed by atoms with van der Waals surface area (Å²) in [4.78, 5) is 26.5. The van der Waals surface area contributed by atoms with Crippen LogP contribution in [0.25, 0.3) is 0 Å². The molecule has 0 aromatic heterocycles. The lowest BCUT2D eigenvalue weighted by molar-refractivity contribution is -0.121. The third-order valence-corrected chi connectivity index (χ3v) is 8.32. The molecule has 0 radical (unpaired) electrons. The minimum Gasteiger partial charge on any atom is -0.497 e. The van der Waals surface area contributed by atoms with Gasteiger partial charge in [0.25, 0.3) is 0 Å². The van der Waals surface area contributed by atoms with Crippen molar-refractivity contribution in [1.29, 1.82) is 0 Å². The molecule has 2 aliphatic heterocycles. The molecule has 9 heteroatoms. The van der Waals surface area contributed by atoms with Gasteiger partial charge in [-0.05, 0) is 74.2 Å². The van der Waals surface area contributed by atoms with E-state index in [-0.39, 0.29) is 41.8 Å². The number of carbonyl (C=O) groups excluding carboxylic acids is 2. The van der Waals surface area contributed by atoms with Crippen molar-refractivity contribution in [3.05, 3.63) is 48.0 Å². The molecule has 0 bridgehead atoms. The quantitative estimate of drug-likeness (QED) is 0.723. The zero-order chi connectivity index (χ0) is 23.8. The molecule has 8 nitrogen and oxygen atoms in total. The van der Waals surface area contributed by atoms with E-state index < -0.39 is 10.0 Å². The van der Waals surface area contributed by atoms with Crippen molar-refractivity contribution in [1.82, 2.24) is 4.31 Å². The van der Waals surface area contributed by atoms with E-state index in [0.717, 1.165) is 11.3 Å². The van der Waals surface area contributed by atoms with E-state index in [2.05, 4.69) is 5.32 Å². The summed E-state index contributed by atoms with van der Waals surface area (Å²) in [6, 6.07) is 12.1. The number of hydrogen-bond donors (Lipinski definition) is 1. The first-order chi connectivity index (χ1) is 15.7. The Morgan fingerprint density at radius 3 is 2.33 bits per heavy atom. The molecule has 176 valence electrons. The SMILES string of the molecule is COc1ccc(NC(=O)C2CCN(S(=O)(=O)c3ccc4c(c3)C[C@H](C)N4C(C)=O)CC2)cc1. The Hall–Kier alpha value is -2.91. The molecule has 1 N–H and O–H groups in total. The van der Waals surface area contributed by atoms with Crippen LogP contribution in [0.3, 0.4) is 0 Å². The largest absolute Gasteiger partial charge is 0.497 e. The van der Waals surface area contributed by atoms with Crippen LogP contribution in [0.1, 0.15) is 32.3 Å². The summed E-state index contributed by atoms with van der Waals surface area (Å²) in [6.07, 6.45) is 1.55. The molecular formula is C24H29N3O5S. The maximum absolute atomic E-state index is 13.2. The highest BCUT2D eigenvalue weighted by molar-refractivity contribution is 7.89. The molecule has 0 saturated carbocycles. The number of fused-ring (bicyclic) bond motifs is 1. The number of rotatable bonds is 5. The number of nitrogens with zero attached hydrogens (tertiary/aromatic N) is 2. The van der Waals surface area contributed by atoms with Crippen molar-refractivity contribution in [3.8, 4) is 5.75 Å². The normalized spacial score (nSPS) is 19.2. The van der Waals surface area contributed by atoms with Gasteiger partial charge in [-0.3, -0.25) is 9.59 Å². The smallest absolute Gasteiger partial charge is 0.243 e. The van der Waals surface area contributed by atoms with Gasteiger partial charge in [0.05, 0.1) is 12.0 Å². The second kappa shape index (κ2) is 9.15. The number of nitrogens with one attached hydrogen (secondary N) is 1. The van der Waals surface area contributed by atoms with Crippen molar-refractivity contribution in [3.63, 3.8) is 0 Å². The molecule has 1 saturated heterocycles. The van der Waals surface area contributed by atoms with Crippen molar-refractivity contribution < 1.29 is 22.7 Å². The van der Waals surface area contributed by atoms with Gasteiger partial charge in [0, 0.05) is 43.3 Å². The summed E-state index contributed by atoms with van der Waals surface area (Å²) in [5.74, 6) is 0.310. The van der Waals surface area contributed by atoms with Crippen molar-refractivity contribution in [2.24, 2.45) is 5.92 Å². The first-order valence-electron chi connectivity index (χ1n) is 11.1. The zero-order valence-electron chi connectivity index (χ0n) is 19.1. The van der Waals surface area contributed by atoms with Crippen molar-refractivity contribution >= 4 is 33.2 Å². The summed E-state index contributed by atoms with van der Waals surface area (Å²) in [5.41, 5.74) is 2.33. The topological polar surface area (TPSA) is 96.0 Å². The van der Waals surface area contributed by atoms with Gasteiger partial charge in [0.15, 0.2) is 0 Å². The summed E-state index contributed by atoms with van der Waals surface area (Å²) in [5, 5.41) is 2.90. The lowest BCUT2D eigenvalue weighted by Gasteiger charge is -2.30. The van der Waals surface area contributed by atoms with Gasteiger partial charge >= 0.3 is 0 Å². The number of benzene rings is 2. The molecule has 2 aromatic carbocycles. The summed E-state index contributed by atoms with van der Waals surface area (Å²) in [6.45, 7) is 4.05. The second-order valence-corrected chi connectivity index (χ2v) is 10.6. The summed E-state index contributed by atoms with van der Waals surface area (Å²) in [7, 11) is -2.09. The van der Waals surface area contributed by atoms with Gasteiger partial charge in [0.1, 0.15) is 5.75 Å². The average Bonchev–Trinajstić information content (AvgIpc) is 3.14. The number of anilines is 2. The Kier molecular flexibility index (Phi) is 6.45. The van der Waals surface area contributed by atoms with Crippen molar-refractivity contribution in [2.75, 3.05) is 30.4 Å². The average molecular weight is 472 g/mol. The minimum absolute atomic E-state index is 0.00964. The van der Waals surface area contributed by atoms with Crippen LogP contribution in [0.5, 0.6) is 5.75 Å². The maximum Gasteiger partial charge on any atom is 0.243 e. The fourth-order valence-electron chi connectivity index (χ4n) is 4.67.